The molecule has 0 atom stereocenters. The molecule has 0 aromatic heterocycles. The zero-order valence-electron chi connectivity index (χ0n) is 11.4. The normalized spacial score (nSPS) is 11.1. The van der Waals surface area contributed by atoms with E-state index in [4.69, 9.17) is 11.6 Å². The molecule has 0 aliphatic heterocycles. The first-order valence-electron chi connectivity index (χ1n) is 6.99. The molecule has 0 fully saturated rings. The van der Waals surface area contributed by atoms with E-state index >= 15 is 0 Å². The molecule has 0 spiro atoms. The van der Waals surface area contributed by atoms with Crippen LogP contribution in [-0.2, 0) is 0 Å². The number of hydrogen-bond acceptors (Lipinski definition) is 0. The highest BCUT2D eigenvalue weighted by molar-refractivity contribution is 6.30. The summed E-state index contributed by atoms with van der Waals surface area (Å²) in [5, 5.41) is 5.91. The summed E-state index contributed by atoms with van der Waals surface area (Å²) < 4.78 is 0. The SMILES string of the molecule is Clc1ccc(-c2cccc3c2ccc2ccccc23)cc1. The van der Waals surface area contributed by atoms with Crippen molar-refractivity contribution in [2.24, 2.45) is 0 Å². The molecule has 21 heavy (non-hydrogen) atoms. The lowest BCUT2D eigenvalue weighted by Crippen LogP contribution is -1.83. The highest BCUT2D eigenvalue weighted by Gasteiger charge is 2.06. The van der Waals surface area contributed by atoms with E-state index in [1.54, 1.807) is 0 Å². The molecule has 0 N–H and O–H groups in total. The first kappa shape index (κ1) is 12.4. The zero-order chi connectivity index (χ0) is 14.2. The Hall–Kier alpha value is -2.31. The van der Waals surface area contributed by atoms with Gasteiger partial charge in [0.25, 0.3) is 0 Å². The molecule has 0 heterocycles. The van der Waals surface area contributed by atoms with Crippen LogP contribution in [0.15, 0.2) is 78.9 Å². The van der Waals surface area contributed by atoms with Crippen molar-refractivity contribution in [2.45, 2.75) is 0 Å². The first-order valence-corrected chi connectivity index (χ1v) is 7.37. The van der Waals surface area contributed by atoms with Gasteiger partial charge in [-0.15, -0.1) is 0 Å². The fraction of sp³-hybridized carbons (Fsp3) is 0. The average Bonchev–Trinajstić information content (AvgIpc) is 2.55. The fourth-order valence-corrected chi connectivity index (χ4v) is 3.05. The third-order valence-corrected chi connectivity index (χ3v) is 4.19. The number of hydrogen-bond donors (Lipinski definition) is 0. The molecule has 0 amide bonds. The first-order chi connectivity index (χ1) is 10.3. The van der Waals surface area contributed by atoms with Gasteiger partial charge in [-0.25, -0.2) is 0 Å². The van der Waals surface area contributed by atoms with Crippen LogP contribution in [0, 0.1) is 0 Å². The van der Waals surface area contributed by atoms with E-state index in [0.29, 0.717) is 0 Å². The summed E-state index contributed by atoms with van der Waals surface area (Å²) in [7, 11) is 0. The Morgan fingerprint density at radius 3 is 2.14 bits per heavy atom. The molecule has 0 saturated heterocycles. The second-order valence-corrected chi connectivity index (χ2v) is 5.63. The van der Waals surface area contributed by atoms with Crippen molar-refractivity contribution < 1.29 is 0 Å². The Morgan fingerprint density at radius 2 is 1.29 bits per heavy atom. The topological polar surface area (TPSA) is 0 Å². The lowest BCUT2D eigenvalue weighted by Gasteiger charge is -2.09. The van der Waals surface area contributed by atoms with Gasteiger partial charge in [-0.05, 0) is 44.8 Å². The summed E-state index contributed by atoms with van der Waals surface area (Å²) in [6, 6.07) is 27.4. The lowest BCUT2D eigenvalue weighted by atomic mass is 9.95. The minimum Gasteiger partial charge on any atom is -0.0843 e. The van der Waals surface area contributed by atoms with E-state index in [2.05, 4.69) is 66.7 Å². The molecule has 0 saturated carbocycles. The molecule has 0 unspecified atom stereocenters. The van der Waals surface area contributed by atoms with E-state index < -0.39 is 0 Å². The van der Waals surface area contributed by atoms with Crippen molar-refractivity contribution >= 4 is 33.1 Å². The Kier molecular flexibility index (Phi) is 2.90. The third-order valence-electron chi connectivity index (χ3n) is 3.94. The molecule has 0 aliphatic rings. The van der Waals surface area contributed by atoms with E-state index in [9.17, 15) is 0 Å². The van der Waals surface area contributed by atoms with Crippen LogP contribution < -0.4 is 0 Å². The molecule has 1 heteroatoms. The summed E-state index contributed by atoms with van der Waals surface area (Å²) in [6.07, 6.45) is 0. The summed E-state index contributed by atoms with van der Waals surface area (Å²) in [5.41, 5.74) is 2.44. The minimum atomic E-state index is 0.768. The van der Waals surface area contributed by atoms with Gasteiger partial charge in [0.1, 0.15) is 0 Å². The molecule has 4 rings (SSSR count). The predicted octanol–water partition coefficient (Wildman–Crippen LogP) is 6.31. The van der Waals surface area contributed by atoms with Gasteiger partial charge in [-0.3, -0.25) is 0 Å². The van der Waals surface area contributed by atoms with Crippen LogP contribution >= 0.6 is 11.6 Å². The van der Waals surface area contributed by atoms with Gasteiger partial charge in [0.05, 0.1) is 0 Å². The van der Waals surface area contributed by atoms with Crippen LogP contribution in [-0.4, -0.2) is 0 Å². The number of fused-ring (bicyclic) bond motifs is 3. The van der Waals surface area contributed by atoms with E-state index in [1.807, 2.05) is 12.1 Å². The average molecular weight is 289 g/mol. The Bertz CT molecular complexity index is 937. The summed E-state index contributed by atoms with van der Waals surface area (Å²) in [4.78, 5) is 0. The Morgan fingerprint density at radius 1 is 0.524 bits per heavy atom. The van der Waals surface area contributed by atoms with Crippen molar-refractivity contribution in [3.05, 3.63) is 83.9 Å². The molecule has 4 aromatic rings. The largest absolute Gasteiger partial charge is 0.0843 e. The maximum absolute atomic E-state index is 6.00. The molecule has 0 aliphatic carbocycles. The van der Waals surface area contributed by atoms with Crippen LogP contribution in [0.5, 0.6) is 0 Å². The van der Waals surface area contributed by atoms with Crippen molar-refractivity contribution in [2.75, 3.05) is 0 Å². The smallest absolute Gasteiger partial charge is 0.0406 e. The minimum absolute atomic E-state index is 0.768. The number of rotatable bonds is 1. The summed E-state index contributed by atoms with van der Waals surface area (Å²) >= 11 is 6.00. The monoisotopic (exact) mass is 288 g/mol. The highest BCUT2D eigenvalue weighted by atomic mass is 35.5. The van der Waals surface area contributed by atoms with Crippen molar-refractivity contribution in [3.63, 3.8) is 0 Å². The Labute approximate surface area is 128 Å². The lowest BCUT2D eigenvalue weighted by molar-refractivity contribution is 1.66. The van der Waals surface area contributed by atoms with Crippen LogP contribution in [0.25, 0.3) is 32.7 Å². The highest BCUT2D eigenvalue weighted by Crippen LogP contribution is 2.33. The van der Waals surface area contributed by atoms with Crippen molar-refractivity contribution in [1.29, 1.82) is 0 Å². The van der Waals surface area contributed by atoms with Gasteiger partial charge in [-0.2, -0.15) is 0 Å². The van der Waals surface area contributed by atoms with Gasteiger partial charge in [-0.1, -0.05) is 78.3 Å². The second kappa shape index (κ2) is 4.91. The van der Waals surface area contributed by atoms with E-state index in [1.165, 1.54) is 32.7 Å². The second-order valence-electron chi connectivity index (χ2n) is 5.19. The number of halogens is 1. The van der Waals surface area contributed by atoms with Gasteiger partial charge in [0, 0.05) is 5.02 Å². The summed E-state index contributed by atoms with van der Waals surface area (Å²) in [6.45, 7) is 0. The van der Waals surface area contributed by atoms with Gasteiger partial charge < -0.3 is 0 Å². The van der Waals surface area contributed by atoms with E-state index in [0.717, 1.165) is 5.02 Å². The molecular weight excluding hydrogens is 276 g/mol. The molecule has 0 radical (unpaired) electrons. The molecule has 0 nitrogen and oxygen atoms in total. The van der Waals surface area contributed by atoms with E-state index in [-0.39, 0.29) is 0 Å². The Balaban J connectivity index is 2.06. The molecular formula is C20H13Cl. The van der Waals surface area contributed by atoms with Gasteiger partial charge >= 0.3 is 0 Å². The fourth-order valence-electron chi connectivity index (χ4n) is 2.92. The maximum Gasteiger partial charge on any atom is 0.0406 e. The predicted molar refractivity (Wildman–Crippen MR) is 91.9 cm³/mol. The van der Waals surface area contributed by atoms with Crippen LogP contribution in [0.4, 0.5) is 0 Å². The molecule has 0 bridgehead atoms. The van der Waals surface area contributed by atoms with Gasteiger partial charge in [0.15, 0.2) is 0 Å². The van der Waals surface area contributed by atoms with Crippen molar-refractivity contribution in [3.8, 4) is 11.1 Å². The molecule has 100 valence electrons. The molecule has 4 aromatic carbocycles. The maximum atomic E-state index is 6.00. The van der Waals surface area contributed by atoms with Crippen LogP contribution in [0.3, 0.4) is 0 Å². The summed E-state index contributed by atoms with van der Waals surface area (Å²) in [5.74, 6) is 0. The zero-order valence-corrected chi connectivity index (χ0v) is 12.1. The van der Waals surface area contributed by atoms with Gasteiger partial charge in [0.2, 0.25) is 0 Å². The van der Waals surface area contributed by atoms with Crippen LogP contribution in [0.1, 0.15) is 0 Å². The quantitative estimate of drug-likeness (QED) is 0.360. The number of benzene rings is 4. The van der Waals surface area contributed by atoms with Crippen LogP contribution in [0.2, 0.25) is 5.02 Å². The van der Waals surface area contributed by atoms with Crippen molar-refractivity contribution in [1.82, 2.24) is 0 Å². The standard InChI is InChI=1S/C20H13Cl/c21-16-11-8-15(9-12-16)18-6-3-7-19-17-5-2-1-4-14(17)10-13-20(18)19/h1-13H. The third kappa shape index (κ3) is 2.09.